The van der Waals surface area contributed by atoms with E-state index in [-0.39, 0.29) is 4.90 Å². The maximum absolute atomic E-state index is 12.4. The Bertz CT molecular complexity index is 511. The van der Waals surface area contributed by atoms with Gasteiger partial charge in [-0.1, -0.05) is 32.4 Å². The average molecular weight is 285 g/mol. The first-order chi connectivity index (χ1) is 8.78. The smallest absolute Gasteiger partial charge is 0.242 e. The Morgan fingerprint density at radius 2 is 1.95 bits per heavy atom. The van der Waals surface area contributed by atoms with Gasteiger partial charge in [0, 0.05) is 13.6 Å². The minimum absolute atomic E-state index is 0.233. The van der Waals surface area contributed by atoms with Crippen molar-refractivity contribution in [2.45, 2.75) is 38.2 Å². The molecule has 0 saturated carbocycles. The van der Waals surface area contributed by atoms with Gasteiger partial charge in [-0.3, -0.25) is 0 Å². The zero-order valence-electron chi connectivity index (χ0n) is 12.0. The van der Waals surface area contributed by atoms with Crippen molar-refractivity contribution in [2.75, 3.05) is 13.6 Å². The van der Waals surface area contributed by atoms with Crippen LogP contribution in [-0.2, 0) is 10.0 Å². The van der Waals surface area contributed by atoms with E-state index in [9.17, 15) is 13.5 Å². The fourth-order valence-electron chi connectivity index (χ4n) is 1.78. The maximum atomic E-state index is 12.4. The highest BCUT2D eigenvalue weighted by Gasteiger charge is 2.22. The molecule has 0 aliphatic rings. The topological polar surface area (TPSA) is 57.6 Å². The van der Waals surface area contributed by atoms with E-state index >= 15 is 0 Å². The zero-order chi connectivity index (χ0) is 14.6. The van der Waals surface area contributed by atoms with Crippen LogP contribution in [0.3, 0.4) is 0 Å². The van der Waals surface area contributed by atoms with E-state index in [4.69, 9.17) is 0 Å². The molecule has 108 valence electrons. The summed E-state index contributed by atoms with van der Waals surface area (Å²) in [6.07, 6.45) is 0.267. The molecule has 1 rings (SSSR count). The molecule has 19 heavy (non-hydrogen) atoms. The molecule has 4 nitrogen and oxygen atoms in total. The Kier molecular flexibility index (Phi) is 5.52. The molecule has 2 atom stereocenters. The van der Waals surface area contributed by atoms with Gasteiger partial charge in [-0.05, 0) is 30.5 Å². The number of aliphatic hydroxyl groups excluding tert-OH is 1. The summed E-state index contributed by atoms with van der Waals surface area (Å²) in [6.45, 7) is 6.18. The molecule has 2 unspecified atom stereocenters. The van der Waals surface area contributed by atoms with Crippen LogP contribution < -0.4 is 0 Å². The lowest BCUT2D eigenvalue weighted by molar-refractivity contribution is 0.199. The highest BCUT2D eigenvalue weighted by Crippen LogP contribution is 2.20. The normalized spacial score (nSPS) is 15.5. The Balaban J connectivity index is 3.03. The van der Waals surface area contributed by atoms with Crippen LogP contribution in [0.5, 0.6) is 0 Å². The lowest BCUT2D eigenvalue weighted by atomic mass is 10.1. The molecule has 0 radical (unpaired) electrons. The summed E-state index contributed by atoms with van der Waals surface area (Å²) >= 11 is 0. The fourth-order valence-corrected chi connectivity index (χ4v) is 3.13. The largest absolute Gasteiger partial charge is 0.389 e. The minimum Gasteiger partial charge on any atom is -0.389 e. The van der Waals surface area contributed by atoms with Gasteiger partial charge in [0.05, 0.1) is 11.0 Å². The first-order valence-electron chi connectivity index (χ1n) is 6.53. The van der Waals surface area contributed by atoms with Gasteiger partial charge in [-0.15, -0.1) is 0 Å². The number of sulfonamides is 1. The van der Waals surface area contributed by atoms with Gasteiger partial charge in [0.1, 0.15) is 0 Å². The molecule has 1 aromatic carbocycles. The van der Waals surface area contributed by atoms with Crippen molar-refractivity contribution in [1.82, 2.24) is 4.31 Å². The molecule has 1 aromatic rings. The van der Waals surface area contributed by atoms with Gasteiger partial charge in [0.2, 0.25) is 10.0 Å². The van der Waals surface area contributed by atoms with Gasteiger partial charge < -0.3 is 5.11 Å². The van der Waals surface area contributed by atoms with Crippen LogP contribution in [0.2, 0.25) is 0 Å². The van der Waals surface area contributed by atoms with Crippen molar-refractivity contribution in [2.24, 2.45) is 5.92 Å². The molecule has 0 bridgehead atoms. The molecule has 0 fully saturated rings. The first-order valence-corrected chi connectivity index (χ1v) is 7.97. The predicted octanol–water partition coefficient (Wildman–Crippen LogP) is 2.41. The summed E-state index contributed by atoms with van der Waals surface area (Å²) in [5.74, 6) is 0.319. The fraction of sp³-hybridized carbons (Fsp3) is 0.571. The number of nitrogens with zero attached hydrogens (tertiary/aromatic N) is 1. The highest BCUT2D eigenvalue weighted by atomic mass is 32.2. The second-order valence-electron chi connectivity index (χ2n) is 5.05. The second kappa shape index (κ2) is 6.50. The molecule has 0 saturated heterocycles. The van der Waals surface area contributed by atoms with Crippen molar-refractivity contribution in [3.63, 3.8) is 0 Å². The summed E-state index contributed by atoms with van der Waals surface area (Å²) in [4.78, 5) is 0.233. The van der Waals surface area contributed by atoms with E-state index in [0.717, 1.165) is 6.42 Å². The Morgan fingerprint density at radius 3 is 2.47 bits per heavy atom. The molecule has 0 aliphatic carbocycles. The first kappa shape index (κ1) is 16.1. The number of aliphatic hydroxyl groups is 1. The van der Waals surface area contributed by atoms with Crippen molar-refractivity contribution in [1.29, 1.82) is 0 Å². The molecule has 1 N–H and O–H groups in total. The predicted molar refractivity (Wildman–Crippen MR) is 76.3 cm³/mol. The quantitative estimate of drug-likeness (QED) is 0.873. The van der Waals surface area contributed by atoms with E-state index in [2.05, 4.69) is 0 Å². The van der Waals surface area contributed by atoms with Crippen LogP contribution in [0, 0.1) is 5.92 Å². The summed E-state index contributed by atoms with van der Waals surface area (Å²) in [5, 5.41) is 9.53. The third-order valence-electron chi connectivity index (χ3n) is 3.31. The third-order valence-corrected chi connectivity index (χ3v) is 5.13. The highest BCUT2D eigenvalue weighted by molar-refractivity contribution is 7.89. The van der Waals surface area contributed by atoms with Gasteiger partial charge >= 0.3 is 0 Å². The number of hydrogen-bond acceptors (Lipinski definition) is 3. The summed E-state index contributed by atoms with van der Waals surface area (Å²) in [7, 11) is -1.88. The van der Waals surface area contributed by atoms with Crippen LogP contribution in [0.25, 0.3) is 0 Å². The standard InChI is InChI=1S/C14H23NO3S/c1-5-11(2)10-15(4)19(17,18)14-8-6-7-13(9-14)12(3)16/h6-9,11-12,16H,5,10H2,1-4H3. The summed E-state index contributed by atoms with van der Waals surface area (Å²) < 4.78 is 26.2. The van der Waals surface area contributed by atoms with Crippen LogP contribution in [-0.4, -0.2) is 31.4 Å². The van der Waals surface area contributed by atoms with Crippen molar-refractivity contribution < 1.29 is 13.5 Å². The summed E-state index contributed by atoms with van der Waals surface area (Å²) in [5.41, 5.74) is 0.609. The van der Waals surface area contributed by atoms with E-state index in [1.807, 2.05) is 13.8 Å². The maximum Gasteiger partial charge on any atom is 0.242 e. The lowest BCUT2D eigenvalue weighted by Gasteiger charge is -2.21. The monoisotopic (exact) mass is 285 g/mol. The van der Waals surface area contributed by atoms with Crippen molar-refractivity contribution >= 4 is 10.0 Å². The van der Waals surface area contributed by atoms with Gasteiger partial charge in [-0.25, -0.2) is 12.7 Å². The molecule has 0 spiro atoms. The Labute approximate surface area is 116 Å². The Hall–Kier alpha value is -0.910. The second-order valence-corrected chi connectivity index (χ2v) is 7.09. The van der Waals surface area contributed by atoms with E-state index in [1.165, 1.54) is 10.4 Å². The van der Waals surface area contributed by atoms with Crippen LogP contribution in [0.4, 0.5) is 0 Å². The van der Waals surface area contributed by atoms with Crippen LogP contribution in [0.15, 0.2) is 29.2 Å². The SMILES string of the molecule is CCC(C)CN(C)S(=O)(=O)c1cccc(C(C)O)c1. The molecule has 0 aromatic heterocycles. The average Bonchev–Trinajstić information content (AvgIpc) is 2.38. The zero-order valence-corrected chi connectivity index (χ0v) is 12.8. The van der Waals surface area contributed by atoms with E-state index < -0.39 is 16.1 Å². The molecule has 0 heterocycles. The number of benzene rings is 1. The van der Waals surface area contributed by atoms with E-state index in [0.29, 0.717) is 18.0 Å². The van der Waals surface area contributed by atoms with Gasteiger partial charge in [0.25, 0.3) is 0 Å². The Morgan fingerprint density at radius 1 is 1.32 bits per heavy atom. The van der Waals surface area contributed by atoms with Crippen LogP contribution in [0.1, 0.15) is 38.9 Å². The van der Waals surface area contributed by atoms with E-state index in [1.54, 1.807) is 32.2 Å². The lowest BCUT2D eigenvalue weighted by Crippen LogP contribution is -2.31. The molecule has 5 heteroatoms. The van der Waals surface area contributed by atoms with Crippen LogP contribution >= 0.6 is 0 Å². The van der Waals surface area contributed by atoms with Gasteiger partial charge in [0.15, 0.2) is 0 Å². The molecule has 0 amide bonds. The van der Waals surface area contributed by atoms with Crippen molar-refractivity contribution in [3.8, 4) is 0 Å². The minimum atomic E-state index is -3.48. The van der Waals surface area contributed by atoms with Crippen molar-refractivity contribution in [3.05, 3.63) is 29.8 Å². The molecule has 0 aliphatic heterocycles. The molecular weight excluding hydrogens is 262 g/mol. The number of hydrogen-bond donors (Lipinski definition) is 1. The van der Waals surface area contributed by atoms with Gasteiger partial charge in [-0.2, -0.15) is 0 Å². The molecular formula is C14H23NO3S. The number of rotatable bonds is 6. The summed E-state index contributed by atoms with van der Waals surface area (Å²) in [6, 6.07) is 6.48. The third kappa shape index (κ3) is 4.03.